The fourth-order valence-corrected chi connectivity index (χ4v) is 4.33. The van der Waals surface area contributed by atoms with E-state index >= 15 is 0 Å². The Morgan fingerprint density at radius 3 is 2.53 bits per heavy atom. The number of fused-ring (bicyclic) bond motifs is 1. The van der Waals surface area contributed by atoms with Gasteiger partial charge in [-0.05, 0) is 72.2 Å². The number of H-pyrrole nitrogens is 1. The predicted molar refractivity (Wildman–Crippen MR) is 133 cm³/mol. The quantitative estimate of drug-likeness (QED) is 0.384. The van der Waals surface area contributed by atoms with E-state index < -0.39 is 0 Å². The van der Waals surface area contributed by atoms with Crippen molar-refractivity contribution in [2.75, 3.05) is 7.11 Å². The van der Waals surface area contributed by atoms with E-state index in [9.17, 15) is 0 Å². The Labute approximate surface area is 205 Å². The summed E-state index contributed by atoms with van der Waals surface area (Å²) in [6, 6.07) is 16.4. The number of benzene rings is 2. The molecule has 2 aromatic carbocycles. The number of tetrazole rings is 1. The number of rotatable bonds is 7. The van der Waals surface area contributed by atoms with Crippen LogP contribution in [0.3, 0.4) is 0 Å². The second-order valence-corrected chi connectivity index (χ2v) is 8.23. The Balaban J connectivity index is 0.00000274. The van der Waals surface area contributed by atoms with Crippen LogP contribution in [0.4, 0.5) is 0 Å². The van der Waals surface area contributed by atoms with Gasteiger partial charge in [-0.15, -0.1) is 22.6 Å². The first-order chi connectivity index (χ1) is 16.2. The number of aromatic nitrogens is 5. The number of halogens is 1. The molecule has 0 unspecified atom stereocenters. The van der Waals surface area contributed by atoms with Gasteiger partial charge >= 0.3 is 0 Å². The molecule has 2 aromatic heterocycles. The van der Waals surface area contributed by atoms with Gasteiger partial charge in [-0.2, -0.15) is 5.21 Å². The van der Waals surface area contributed by atoms with Crippen LogP contribution in [0.25, 0.3) is 22.5 Å². The highest BCUT2D eigenvalue weighted by Gasteiger charge is 2.17. The molecule has 8 heteroatoms. The van der Waals surface area contributed by atoms with Crippen molar-refractivity contribution in [1.29, 1.82) is 0 Å². The minimum Gasteiger partial charge on any atom is -0.497 e. The summed E-state index contributed by atoms with van der Waals surface area (Å²) < 4.78 is 11.7. The molecule has 1 N–H and O–H groups in total. The zero-order chi connectivity index (χ0) is 22.6. The lowest BCUT2D eigenvalue weighted by atomic mass is 9.94. The molecule has 0 saturated carbocycles. The number of nitrogens with zero attached hydrogens (tertiary/aromatic N) is 4. The molecular formula is C26H28ClN5O2. The number of hydrogen-bond donors (Lipinski definition) is 1. The highest BCUT2D eigenvalue weighted by molar-refractivity contribution is 5.85. The molecule has 1 aliphatic rings. The molecule has 7 nitrogen and oxygen atoms in total. The summed E-state index contributed by atoms with van der Waals surface area (Å²) in [6.45, 7) is 2.66. The van der Waals surface area contributed by atoms with E-state index in [1.165, 1.54) is 24.1 Å². The molecule has 2 heterocycles. The summed E-state index contributed by atoms with van der Waals surface area (Å²) in [5, 5.41) is 14.5. The lowest BCUT2D eigenvalue weighted by Gasteiger charge is -2.20. The predicted octanol–water partition coefficient (Wildman–Crippen LogP) is 5.38. The van der Waals surface area contributed by atoms with Crippen molar-refractivity contribution >= 4 is 12.4 Å². The van der Waals surface area contributed by atoms with Gasteiger partial charge in [-0.3, -0.25) is 4.98 Å². The highest BCUT2D eigenvalue weighted by atomic mass is 35.5. The number of aromatic amines is 1. The summed E-state index contributed by atoms with van der Waals surface area (Å²) in [6.07, 6.45) is 5.44. The third kappa shape index (κ3) is 4.89. The molecule has 4 aromatic rings. The van der Waals surface area contributed by atoms with E-state index in [4.69, 9.17) is 14.5 Å². The Morgan fingerprint density at radius 1 is 0.971 bits per heavy atom. The van der Waals surface area contributed by atoms with Crippen LogP contribution < -0.4 is 9.47 Å². The van der Waals surface area contributed by atoms with Crippen LogP contribution in [0.15, 0.2) is 48.5 Å². The first-order valence-electron chi connectivity index (χ1n) is 11.4. The monoisotopic (exact) mass is 477 g/mol. The molecule has 0 radical (unpaired) electrons. The molecular weight excluding hydrogens is 450 g/mol. The molecule has 1 aliphatic carbocycles. The summed E-state index contributed by atoms with van der Waals surface area (Å²) in [7, 11) is 1.66. The van der Waals surface area contributed by atoms with Gasteiger partial charge < -0.3 is 9.47 Å². The lowest BCUT2D eigenvalue weighted by Crippen LogP contribution is -2.10. The topological polar surface area (TPSA) is 85.8 Å². The number of pyridine rings is 1. The second kappa shape index (κ2) is 10.7. The van der Waals surface area contributed by atoms with E-state index in [-0.39, 0.29) is 12.4 Å². The fraction of sp³-hybridized carbons (Fsp3) is 0.308. The largest absolute Gasteiger partial charge is 0.497 e. The van der Waals surface area contributed by atoms with Crippen molar-refractivity contribution in [2.45, 2.75) is 45.6 Å². The zero-order valence-corrected chi connectivity index (χ0v) is 20.2. The third-order valence-electron chi connectivity index (χ3n) is 6.15. The molecule has 0 atom stereocenters. The first-order valence-corrected chi connectivity index (χ1v) is 11.4. The van der Waals surface area contributed by atoms with Gasteiger partial charge in [0.1, 0.15) is 18.1 Å². The number of aryl methyl sites for hydroxylation is 2. The third-order valence-corrected chi connectivity index (χ3v) is 6.15. The number of hydrogen-bond acceptors (Lipinski definition) is 6. The SMILES string of the molecule is CCc1cc(OCc2ccc(-c3cc(OC)ccc3-c3nn[nH]n3)cc2)c2c(n1)CCCC2.Cl. The van der Waals surface area contributed by atoms with Gasteiger partial charge in [-0.1, -0.05) is 31.2 Å². The van der Waals surface area contributed by atoms with Gasteiger partial charge in [0.2, 0.25) is 5.82 Å². The van der Waals surface area contributed by atoms with E-state index in [1.807, 2.05) is 18.2 Å². The zero-order valence-electron chi connectivity index (χ0n) is 19.4. The van der Waals surface area contributed by atoms with Crippen molar-refractivity contribution in [2.24, 2.45) is 0 Å². The molecule has 0 fully saturated rings. The molecule has 0 bridgehead atoms. The number of methoxy groups -OCH3 is 1. The van der Waals surface area contributed by atoms with Crippen LogP contribution in [-0.4, -0.2) is 32.7 Å². The molecule has 0 saturated heterocycles. The van der Waals surface area contributed by atoms with E-state index in [0.717, 1.165) is 58.7 Å². The second-order valence-electron chi connectivity index (χ2n) is 8.23. The molecule has 0 amide bonds. The minimum atomic E-state index is 0. The maximum Gasteiger partial charge on any atom is 0.205 e. The van der Waals surface area contributed by atoms with Crippen molar-refractivity contribution in [3.8, 4) is 34.0 Å². The van der Waals surface area contributed by atoms with E-state index in [1.54, 1.807) is 7.11 Å². The number of nitrogens with one attached hydrogen (secondary N) is 1. The average Bonchev–Trinajstić information content (AvgIpc) is 3.42. The summed E-state index contributed by atoms with van der Waals surface area (Å²) in [5.41, 5.74) is 7.65. The van der Waals surface area contributed by atoms with Crippen LogP contribution in [-0.2, 0) is 25.9 Å². The highest BCUT2D eigenvalue weighted by Crippen LogP contribution is 2.34. The smallest absolute Gasteiger partial charge is 0.205 e. The van der Waals surface area contributed by atoms with E-state index in [2.05, 4.69) is 57.9 Å². The summed E-state index contributed by atoms with van der Waals surface area (Å²) >= 11 is 0. The van der Waals surface area contributed by atoms with Gasteiger partial charge in [0.05, 0.1) is 7.11 Å². The van der Waals surface area contributed by atoms with Crippen LogP contribution in [0.1, 0.15) is 42.3 Å². The standard InChI is InChI=1S/C26H27N5O2.ClH/c1-3-19-14-25(22-6-4-5-7-24(22)27-19)33-16-17-8-10-18(11-9-17)23-15-20(32-2)12-13-21(23)26-28-30-31-29-26;/h8-15H,3-7,16H2,1-2H3,(H,28,29,30,31);1H. The Bertz CT molecular complexity index is 1240. The van der Waals surface area contributed by atoms with Crippen molar-refractivity contribution in [3.05, 3.63) is 71.0 Å². The van der Waals surface area contributed by atoms with Gasteiger partial charge in [0, 0.05) is 28.6 Å². The summed E-state index contributed by atoms with van der Waals surface area (Å²) in [5.74, 6) is 2.32. The van der Waals surface area contributed by atoms with Crippen LogP contribution in [0.5, 0.6) is 11.5 Å². The van der Waals surface area contributed by atoms with Crippen molar-refractivity contribution < 1.29 is 9.47 Å². The van der Waals surface area contributed by atoms with Crippen LogP contribution in [0, 0.1) is 0 Å². The molecule has 5 rings (SSSR count). The summed E-state index contributed by atoms with van der Waals surface area (Å²) in [4.78, 5) is 4.83. The van der Waals surface area contributed by atoms with Gasteiger partial charge in [-0.25, -0.2) is 0 Å². The molecule has 34 heavy (non-hydrogen) atoms. The Kier molecular flexibility index (Phi) is 7.43. The fourth-order valence-electron chi connectivity index (χ4n) is 4.33. The molecule has 0 spiro atoms. The molecule has 176 valence electrons. The van der Waals surface area contributed by atoms with Crippen molar-refractivity contribution in [3.63, 3.8) is 0 Å². The van der Waals surface area contributed by atoms with Crippen LogP contribution in [0.2, 0.25) is 0 Å². The lowest BCUT2D eigenvalue weighted by molar-refractivity contribution is 0.300. The average molecular weight is 478 g/mol. The maximum absolute atomic E-state index is 6.31. The van der Waals surface area contributed by atoms with E-state index in [0.29, 0.717) is 12.4 Å². The Morgan fingerprint density at radius 2 is 1.79 bits per heavy atom. The first kappa shape index (κ1) is 23.7. The van der Waals surface area contributed by atoms with Gasteiger partial charge in [0.15, 0.2) is 0 Å². The van der Waals surface area contributed by atoms with Crippen LogP contribution >= 0.6 is 12.4 Å². The maximum atomic E-state index is 6.31. The van der Waals surface area contributed by atoms with Gasteiger partial charge in [0.25, 0.3) is 0 Å². The normalized spacial score (nSPS) is 12.5. The number of ether oxygens (including phenoxy) is 2. The Hall–Kier alpha value is -3.45. The van der Waals surface area contributed by atoms with Crippen molar-refractivity contribution in [1.82, 2.24) is 25.6 Å². The minimum absolute atomic E-state index is 0. The molecule has 0 aliphatic heterocycles.